The Balaban J connectivity index is 1.94. The monoisotopic (exact) mass is 452 g/mol. The van der Waals surface area contributed by atoms with Gasteiger partial charge in [0.05, 0.1) is 0 Å². The summed E-state index contributed by atoms with van der Waals surface area (Å²) in [6.45, 7) is 4.77. The van der Waals surface area contributed by atoms with Crippen LogP contribution in [-0.2, 0) is 0 Å². The molecule has 2 heterocycles. The van der Waals surface area contributed by atoms with Gasteiger partial charge in [-0.2, -0.15) is 0 Å². The minimum absolute atomic E-state index is 0.813. The van der Waals surface area contributed by atoms with Crippen molar-refractivity contribution in [3.8, 4) is 0 Å². The van der Waals surface area contributed by atoms with Gasteiger partial charge < -0.3 is 0 Å². The summed E-state index contributed by atoms with van der Waals surface area (Å²) in [6, 6.07) is 0. The van der Waals surface area contributed by atoms with Crippen molar-refractivity contribution < 1.29 is 0 Å². The molecule has 2 unspecified atom stereocenters. The van der Waals surface area contributed by atoms with Crippen LogP contribution in [0.2, 0.25) is 0 Å². The van der Waals surface area contributed by atoms with Crippen LogP contribution in [0.1, 0.15) is 26.7 Å². The van der Waals surface area contributed by atoms with Crippen LogP contribution in [0.3, 0.4) is 0 Å². The molecule has 0 bridgehead atoms. The molecule has 2 fully saturated rings. The Bertz CT molecular complexity index is 225. The Labute approximate surface area is 129 Å². The third kappa shape index (κ3) is 4.99. The molecule has 0 N–H and O–H groups in total. The van der Waals surface area contributed by atoms with E-state index in [1.54, 1.807) is 0 Å². The SMILES string of the molecule is C[S][Sn]([S]C(C)C)([S]C1CCS1)[S]C1CCS1. The Morgan fingerprint density at radius 1 is 1.06 bits per heavy atom. The quantitative estimate of drug-likeness (QED) is 0.477. The van der Waals surface area contributed by atoms with Gasteiger partial charge in [0.2, 0.25) is 0 Å². The molecule has 0 aliphatic carbocycles. The van der Waals surface area contributed by atoms with Gasteiger partial charge >= 0.3 is 131 Å². The molecular formula is C10H20S6Sn. The minimum atomic E-state index is -2.10. The van der Waals surface area contributed by atoms with Gasteiger partial charge in [-0.25, -0.2) is 0 Å². The van der Waals surface area contributed by atoms with E-state index in [2.05, 4.69) is 79.4 Å². The van der Waals surface area contributed by atoms with Crippen molar-refractivity contribution in [2.75, 3.05) is 17.8 Å². The average molecular weight is 451 g/mol. The molecule has 2 aliphatic rings. The fourth-order valence-electron chi connectivity index (χ4n) is 1.45. The van der Waals surface area contributed by atoms with Crippen LogP contribution in [0.5, 0.6) is 0 Å². The first kappa shape index (κ1) is 16.3. The van der Waals surface area contributed by atoms with Crippen molar-refractivity contribution in [1.82, 2.24) is 0 Å². The summed E-state index contributed by atoms with van der Waals surface area (Å²) in [7, 11) is 9.51. The molecule has 0 amide bonds. The van der Waals surface area contributed by atoms with Gasteiger partial charge in [-0.15, -0.1) is 0 Å². The van der Waals surface area contributed by atoms with Gasteiger partial charge in [-0.3, -0.25) is 0 Å². The van der Waals surface area contributed by atoms with Crippen LogP contribution < -0.4 is 0 Å². The molecule has 0 radical (unpaired) electrons. The Kier molecular flexibility index (Phi) is 7.45. The number of rotatable bonds is 7. The van der Waals surface area contributed by atoms with E-state index in [1.807, 2.05) is 0 Å². The maximum absolute atomic E-state index is 2.43. The summed E-state index contributed by atoms with van der Waals surface area (Å²) >= 11 is 2.29. The second-order valence-electron chi connectivity index (χ2n) is 4.28. The van der Waals surface area contributed by atoms with E-state index in [4.69, 9.17) is 0 Å². The van der Waals surface area contributed by atoms with Gasteiger partial charge in [0.1, 0.15) is 0 Å². The normalized spacial score (nSPS) is 31.8. The van der Waals surface area contributed by atoms with Crippen molar-refractivity contribution >= 4 is 72.2 Å². The van der Waals surface area contributed by atoms with Crippen molar-refractivity contribution in [2.24, 2.45) is 0 Å². The fraction of sp³-hybridized carbons (Fsp3) is 1.00. The summed E-state index contributed by atoms with van der Waals surface area (Å²) < 4.78 is 1.89. The number of thioether (sulfide) groups is 2. The van der Waals surface area contributed by atoms with E-state index in [-0.39, 0.29) is 0 Å². The first-order valence-electron chi connectivity index (χ1n) is 5.95. The summed E-state index contributed by atoms with van der Waals surface area (Å²) in [5.41, 5.74) is 0. The molecule has 0 saturated carbocycles. The molecule has 0 aromatic heterocycles. The molecule has 7 heteroatoms. The van der Waals surface area contributed by atoms with Gasteiger partial charge in [-0.05, 0) is 0 Å². The molecule has 0 spiro atoms. The van der Waals surface area contributed by atoms with E-state index >= 15 is 0 Å². The topological polar surface area (TPSA) is 0 Å². The molecule has 0 nitrogen and oxygen atoms in total. The predicted octanol–water partition coefficient (Wildman–Crippen LogP) is 5.32. The predicted molar refractivity (Wildman–Crippen MR) is 98.9 cm³/mol. The van der Waals surface area contributed by atoms with Crippen molar-refractivity contribution in [3.63, 3.8) is 0 Å². The third-order valence-electron chi connectivity index (χ3n) is 2.50. The molecule has 2 saturated heterocycles. The number of hydrogen-bond donors (Lipinski definition) is 0. The summed E-state index contributed by atoms with van der Waals surface area (Å²) in [4.78, 5) is 0. The average Bonchev–Trinajstić information content (AvgIpc) is 2.16. The first-order chi connectivity index (χ1) is 8.13. The van der Waals surface area contributed by atoms with Crippen LogP contribution in [0.25, 0.3) is 0 Å². The zero-order valence-electron chi connectivity index (χ0n) is 10.5. The molecule has 2 aliphatic heterocycles. The molecule has 2 rings (SSSR count). The standard InChI is InChI=1S/2C3H6S2.C3H8S.CH4S.Sn/c2*4-3-1-2-5-3;1-3(2)4;1-2;/h2*3-4H,1-2H2;3-4H,1-2H3;2H,1H3;/q;;;;+4/p-4. The second-order valence-corrected chi connectivity index (χ2v) is 49.9. The first-order valence-corrected chi connectivity index (χ1v) is 25.9. The molecule has 0 aromatic rings. The van der Waals surface area contributed by atoms with Crippen molar-refractivity contribution in [1.29, 1.82) is 0 Å². The van der Waals surface area contributed by atoms with E-state index in [9.17, 15) is 0 Å². The zero-order valence-corrected chi connectivity index (χ0v) is 18.3. The van der Waals surface area contributed by atoms with Gasteiger partial charge in [0.25, 0.3) is 0 Å². The molecule has 2 atom stereocenters. The van der Waals surface area contributed by atoms with Crippen LogP contribution >= 0.6 is 59.3 Å². The van der Waals surface area contributed by atoms with Gasteiger partial charge in [-0.1, -0.05) is 0 Å². The van der Waals surface area contributed by atoms with Crippen LogP contribution in [0.4, 0.5) is 0 Å². The second kappa shape index (κ2) is 7.78. The Hall–Kier alpha value is 2.90. The summed E-state index contributed by atoms with van der Waals surface area (Å²) in [6.07, 6.45) is 5.31. The van der Waals surface area contributed by atoms with Crippen molar-refractivity contribution in [2.45, 2.75) is 41.1 Å². The zero-order chi connectivity index (χ0) is 12.3. The van der Waals surface area contributed by atoms with Gasteiger partial charge in [0.15, 0.2) is 0 Å². The van der Waals surface area contributed by atoms with Gasteiger partial charge in [0, 0.05) is 0 Å². The van der Waals surface area contributed by atoms with E-state index in [0.717, 1.165) is 14.4 Å². The van der Waals surface area contributed by atoms with Crippen LogP contribution in [0, 0.1) is 0 Å². The van der Waals surface area contributed by atoms with Crippen LogP contribution in [-0.4, -0.2) is 45.0 Å². The Morgan fingerprint density at radius 3 is 1.76 bits per heavy atom. The van der Waals surface area contributed by atoms with E-state index in [0.29, 0.717) is 0 Å². The van der Waals surface area contributed by atoms with Crippen LogP contribution in [0.15, 0.2) is 0 Å². The summed E-state index contributed by atoms with van der Waals surface area (Å²) in [5.74, 6) is 2.81. The maximum atomic E-state index is 2.43. The molecule has 17 heavy (non-hydrogen) atoms. The molecule has 100 valence electrons. The summed E-state index contributed by atoms with van der Waals surface area (Å²) in [5, 5.41) is 0.813. The Morgan fingerprint density at radius 2 is 1.53 bits per heavy atom. The number of hydrogen-bond acceptors (Lipinski definition) is 6. The van der Waals surface area contributed by atoms with E-state index in [1.165, 1.54) is 24.3 Å². The third-order valence-corrected chi connectivity index (χ3v) is 59.9. The molecule has 0 aromatic carbocycles. The fourth-order valence-corrected chi connectivity index (χ4v) is 73.8. The van der Waals surface area contributed by atoms with Crippen molar-refractivity contribution in [3.05, 3.63) is 0 Å². The van der Waals surface area contributed by atoms with E-state index < -0.39 is 12.8 Å². The molecular weight excluding hydrogens is 431 g/mol.